The van der Waals surface area contributed by atoms with Gasteiger partial charge in [0.05, 0.1) is 11.9 Å². The number of nitrogens with zero attached hydrogens (tertiary/aromatic N) is 2. The third-order valence-corrected chi connectivity index (χ3v) is 2.79. The third-order valence-electron chi connectivity index (χ3n) is 2.59. The molecule has 3 aromatic rings. The molecular weight excluding hydrogens is 267 g/mol. The molecular formula is C12H7FN4OS. The summed E-state index contributed by atoms with van der Waals surface area (Å²) in [6.07, 6.45) is 1.50. The van der Waals surface area contributed by atoms with Crippen LogP contribution in [0.3, 0.4) is 0 Å². The van der Waals surface area contributed by atoms with Crippen molar-refractivity contribution in [1.29, 1.82) is 0 Å². The van der Waals surface area contributed by atoms with E-state index in [1.807, 2.05) is 0 Å². The molecule has 0 atom stereocenters. The van der Waals surface area contributed by atoms with Gasteiger partial charge in [0.25, 0.3) is 5.56 Å². The first-order chi connectivity index (χ1) is 9.13. The summed E-state index contributed by atoms with van der Waals surface area (Å²) in [5.74, 6) is -0.334. The second-order valence-electron chi connectivity index (χ2n) is 3.87. The molecule has 0 amide bonds. The zero-order valence-electron chi connectivity index (χ0n) is 9.48. The van der Waals surface area contributed by atoms with Gasteiger partial charge < -0.3 is 4.98 Å². The molecule has 2 heterocycles. The molecule has 2 N–H and O–H groups in total. The Morgan fingerprint density at radius 1 is 1.16 bits per heavy atom. The lowest BCUT2D eigenvalue weighted by molar-refractivity contribution is 0.628. The van der Waals surface area contributed by atoms with Crippen molar-refractivity contribution in [1.82, 2.24) is 19.9 Å². The highest BCUT2D eigenvalue weighted by Crippen LogP contribution is 2.17. The molecule has 0 radical (unpaired) electrons. The Labute approximate surface area is 111 Å². The van der Waals surface area contributed by atoms with E-state index >= 15 is 0 Å². The van der Waals surface area contributed by atoms with Crippen molar-refractivity contribution in [2.24, 2.45) is 0 Å². The van der Waals surface area contributed by atoms with E-state index < -0.39 is 5.56 Å². The third kappa shape index (κ3) is 2.15. The van der Waals surface area contributed by atoms with Gasteiger partial charge in [0.2, 0.25) is 0 Å². The average molecular weight is 274 g/mol. The number of rotatable bonds is 1. The van der Waals surface area contributed by atoms with E-state index in [2.05, 4.69) is 19.9 Å². The summed E-state index contributed by atoms with van der Waals surface area (Å²) in [5, 5.41) is 0. The van der Waals surface area contributed by atoms with Crippen LogP contribution in [0.15, 0.2) is 35.3 Å². The second kappa shape index (κ2) is 4.36. The van der Waals surface area contributed by atoms with Crippen molar-refractivity contribution >= 4 is 23.4 Å². The maximum Gasteiger partial charge on any atom is 0.279 e. The van der Waals surface area contributed by atoms with Crippen molar-refractivity contribution in [2.75, 3.05) is 0 Å². The Morgan fingerprint density at radius 2 is 1.89 bits per heavy atom. The van der Waals surface area contributed by atoms with E-state index in [0.717, 1.165) is 0 Å². The van der Waals surface area contributed by atoms with Crippen LogP contribution >= 0.6 is 12.2 Å². The number of halogens is 1. The molecule has 94 valence electrons. The molecule has 0 spiro atoms. The Balaban J connectivity index is 2.24. The predicted molar refractivity (Wildman–Crippen MR) is 70.7 cm³/mol. The zero-order chi connectivity index (χ0) is 13.4. The van der Waals surface area contributed by atoms with E-state index in [9.17, 15) is 9.18 Å². The van der Waals surface area contributed by atoms with Crippen molar-refractivity contribution in [2.45, 2.75) is 0 Å². The lowest BCUT2D eigenvalue weighted by Gasteiger charge is -2.02. The maximum atomic E-state index is 12.9. The first-order valence-corrected chi connectivity index (χ1v) is 5.79. The number of H-pyrrole nitrogens is 2. The van der Waals surface area contributed by atoms with Gasteiger partial charge in [-0.15, -0.1) is 0 Å². The number of aromatic nitrogens is 4. The van der Waals surface area contributed by atoms with Crippen molar-refractivity contribution in [3.05, 3.63) is 51.4 Å². The van der Waals surface area contributed by atoms with Gasteiger partial charge in [0, 0.05) is 5.56 Å². The number of nitrogens with one attached hydrogen (secondary N) is 2. The first kappa shape index (κ1) is 11.7. The second-order valence-corrected chi connectivity index (χ2v) is 4.28. The summed E-state index contributed by atoms with van der Waals surface area (Å²) < 4.78 is 13.1. The van der Waals surface area contributed by atoms with Gasteiger partial charge in [-0.25, -0.2) is 14.4 Å². The number of hydrogen-bond acceptors (Lipinski definition) is 4. The molecule has 7 heteroatoms. The van der Waals surface area contributed by atoms with E-state index in [0.29, 0.717) is 16.9 Å². The summed E-state index contributed by atoms with van der Waals surface area (Å²) in [4.78, 5) is 25.2. The van der Waals surface area contributed by atoms with Gasteiger partial charge >= 0.3 is 0 Å². The summed E-state index contributed by atoms with van der Waals surface area (Å²) in [5.41, 5.74) is 1.24. The molecule has 5 nitrogen and oxygen atoms in total. The Kier molecular flexibility index (Phi) is 2.68. The smallest absolute Gasteiger partial charge is 0.279 e. The lowest BCUT2D eigenvalue weighted by atomic mass is 10.1. The molecule has 19 heavy (non-hydrogen) atoms. The molecule has 0 aliphatic rings. The van der Waals surface area contributed by atoms with Crippen LogP contribution in [0.1, 0.15) is 0 Å². The van der Waals surface area contributed by atoms with Crippen LogP contribution < -0.4 is 5.56 Å². The van der Waals surface area contributed by atoms with Crippen LogP contribution in [0.2, 0.25) is 0 Å². The maximum absolute atomic E-state index is 12.9. The molecule has 2 aromatic heterocycles. The largest absolute Gasteiger partial charge is 0.315 e. The predicted octanol–water partition coefficient (Wildman–Crippen LogP) is 2.18. The quantitative estimate of drug-likeness (QED) is 0.667. The number of fused-ring (bicyclic) bond motifs is 1. The van der Waals surface area contributed by atoms with Crippen LogP contribution in [0.5, 0.6) is 0 Å². The van der Waals surface area contributed by atoms with E-state index in [4.69, 9.17) is 12.2 Å². The summed E-state index contributed by atoms with van der Waals surface area (Å²) >= 11 is 4.85. The summed E-state index contributed by atoms with van der Waals surface area (Å²) in [6.45, 7) is 0. The standard InChI is InChI=1S/C12H7FN4OS/c13-7-3-1-6(2-4-7)8-5-14-10-9(15-8)11(18)17-12(19)16-10/h1-5H,(H2,14,16,17,18,19). The minimum atomic E-state index is -0.407. The highest BCUT2D eigenvalue weighted by molar-refractivity contribution is 7.71. The topological polar surface area (TPSA) is 74.4 Å². The molecule has 0 fully saturated rings. The number of aromatic amines is 2. The molecule has 3 rings (SSSR count). The van der Waals surface area contributed by atoms with Gasteiger partial charge in [-0.05, 0) is 36.5 Å². The van der Waals surface area contributed by atoms with Crippen LogP contribution in [-0.4, -0.2) is 19.9 Å². The van der Waals surface area contributed by atoms with Gasteiger partial charge in [-0.2, -0.15) is 0 Å². The summed E-state index contributed by atoms with van der Waals surface area (Å²) in [6, 6.07) is 5.79. The van der Waals surface area contributed by atoms with E-state index in [-0.39, 0.29) is 16.1 Å². The van der Waals surface area contributed by atoms with Crippen molar-refractivity contribution in [3.63, 3.8) is 0 Å². The van der Waals surface area contributed by atoms with E-state index in [1.54, 1.807) is 12.1 Å². The molecule has 0 aliphatic carbocycles. The van der Waals surface area contributed by atoms with Gasteiger partial charge in [-0.3, -0.25) is 9.78 Å². The van der Waals surface area contributed by atoms with Gasteiger partial charge in [-0.1, -0.05) is 0 Å². The summed E-state index contributed by atoms with van der Waals surface area (Å²) in [7, 11) is 0. The van der Waals surface area contributed by atoms with Crippen LogP contribution in [0, 0.1) is 10.6 Å². The number of benzene rings is 1. The lowest BCUT2D eigenvalue weighted by Crippen LogP contribution is -2.10. The van der Waals surface area contributed by atoms with Gasteiger partial charge in [0.1, 0.15) is 5.82 Å². The van der Waals surface area contributed by atoms with Crippen molar-refractivity contribution in [3.8, 4) is 11.3 Å². The fourth-order valence-corrected chi connectivity index (χ4v) is 1.89. The number of hydrogen-bond donors (Lipinski definition) is 2. The molecule has 1 aromatic carbocycles. The fraction of sp³-hybridized carbons (Fsp3) is 0. The first-order valence-electron chi connectivity index (χ1n) is 5.39. The molecule has 0 aliphatic heterocycles. The Bertz CT molecular complexity index is 869. The SMILES string of the molecule is O=c1[nH]c(=S)[nH]c2ncc(-c3ccc(F)cc3)nc12. The monoisotopic (exact) mass is 274 g/mol. The van der Waals surface area contributed by atoms with Crippen LogP contribution in [0.4, 0.5) is 4.39 Å². The highest BCUT2D eigenvalue weighted by Gasteiger charge is 2.06. The molecule has 0 bridgehead atoms. The van der Waals surface area contributed by atoms with Crippen LogP contribution in [0.25, 0.3) is 22.4 Å². The Hall–Kier alpha value is -2.41. The van der Waals surface area contributed by atoms with Crippen molar-refractivity contribution < 1.29 is 4.39 Å². The van der Waals surface area contributed by atoms with E-state index in [1.165, 1.54) is 18.3 Å². The zero-order valence-corrected chi connectivity index (χ0v) is 10.3. The fourth-order valence-electron chi connectivity index (χ4n) is 1.70. The average Bonchev–Trinajstić information content (AvgIpc) is 2.39. The minimum absolute atomic E-state index is 0.162. The minimum Gasteiger partial charge on any atom is -0.315 e. The van der Waals surface area contributed by atoms with Gasteiger partial charge in [0.15, 0.2) is 15.9 Å². The van der Waals surface area contributed by atoms with Crippen LogP contribution in [-0.2, 0) is 0 Å². The highest BCUT2D eigenvalue weighted by atomic mass is 32.1. The normalized spacial score (nSPS) is 10.8. The molecule has 0 saturated carbocycles. The molecule has 0 saturated heterocycles. The Morgan fingerprint density at radius 3 is 2.63 bits per heavy atom. The molecule has 0 unspecified atom stereocenters.